The van der Waals surface area contributed by atoms with Crippen LogP contribution in [0.2, 0.25) is 0 Å². The Morgan fingerprint density at radius 3 is 2.80 bits per heavy atom. The standard InChI is InChI=1S/C14H21N5O/c1-16-14(20)11-8-13(17-9-12(11)15)19-7-6-18-4-2-10(19)3-5-18/h8-10H,2-7,15H2,1H3,(H,16,20). The lowest BCUT2D eigenvalue weighted by Gasteiger charge is -2.32. The van der Waals surface area contributed by atoms with Gasteiger partial charge in [0, 0.05) is 39.3 Å². The maximum absolute atomic E-state index is 11.9. The average molecular weight is 275 g/mol. The summed E-state index contributed by atoms with van der Waals surface area (Å²) in [5, 5.41) is 2.62. The third kappa shape index (κ3) is 2.31. The van der Waals surface area contributed by atoms with Crippen molar-refractivity contribution in [3.05, 3.63) is 17.8 Å². The Balaban J connectivity index is 1.91. The van der Waals surface area contributed by atoms with Crippen LogP contribution in [-0.2, 0) is 0 Å². The number of hydrogen-bond donors (Lipinski definition) is 2. The second-order valence-corrected chi connectivity index (χ2v) is 5.48. The zero-order chi connectivity index (χ0) is 14.1. The van der Waals surface area contributed by atoms with E-state index in [-0.39, 0.29) is 5.91 Å². The minimum Gasteiger partial charge on any atom is -0.397 e. The predicted octanol–water partition coefficient (Wildman–Crippen LogP) is 0.308. The lowest BCUT2D eigenvalue weighted by atomic mass is 10.0. The summed E-state index contributed by atoms with van der Waals surface area (Å²) in [4.78, 5) is 21.1. The number of nitrogens with two attached hydrogens (primary N) is 1. The Morgan fingerprint density at radius 1 is 1.35 bits per heavy atom. The molecule has 1 aromatic heterocycles. The molecule has 0 saturated carbocycles. The van der Waals surface area contributed by atoms with Crippen molar-refractivity contribution in [3.8, 4) is 0 Å². The maximum atomic E-state index is 11.9. The molecule has 6 heteroatoms. The molecule has 0 aromatic carbocycles. The number of anilines is 2. The van der Waals surface area contributed by atoms with E-state index in [9.17, 15) is 4.79 Å². The molecule has 3 N–H and O–H groups in total. The number of piperidine rings is 1. The van der Waals surface area contributed by atoms with Gasteiger partial charge in [-0.25, -0.2) is 4.98 Å². The van der Waals surface area contributed by atoms with Gasteiger partial charge in [0.2, 0.25) is 0 Å². The molecule has 0 spiro atoms. The first-order valence-electron chi connectivity index (χ1n) is 7.15. The molecular formula is C14H21N5O. The van der Waals surface area contributed by atoms with E-state index in [1.54, 1.807) is 13.2 Å². The van der Waals surface area contributed by atoms with Gasteiger partial charge in [-0.1, -0.05) is 0 Å². The van der Waals surface area contributed by atoms with Crippen molar-refractivity contribution in [2.24, 2.45) is 0 Å². The number of pyridine rings is 1. The van der Waals surface area contributed by atoms with Gasteiger partial charge in [-0.15, -0.1) is 0 Å². The van der Waals surface area contributed by atoms with Gasteiger partial charge in [-0.3, -0.25) is 4.79 Å². The summed E-state index contributed by atoms with van der Waals surface area (Å²) < 4.78 is 0. The van der Waals surface area contributed by atoms with Gasteiger partial charge in [-0.05, 0) is 18.9 Å². The second-order valence-electron chi connectivity index (χ2n) is 5.48. The van der Waals surface area contributed by atoms with E-state index >= 15 is 0 Å². The molecule has 3 aliphatic heterocycles. The first-order chi connectivity index (χ1) is 9.69. The summed E-state index contributed by atoms with van der Waals surface area (Å²) in [6, 6.07) is 2.35. The van der Waals surface area contributed by atoms with E-state index in [1.807, 2.05) is 6.07 Å². The minimum absolute atomic E-state index is 0.158. The highest BCUT2D eigenvalue weighted by Gasteiger charge is 2.30. The van der Waals surface area contributed by atoms with Gasteiger partial charge >= 0.3 is 0 Å². The number of nitrogens with zero attached hydrogens (tertiary/aromatic N) is 3. The number of amides is 1. The van der Waals surface area contributed by atoms with Crippen LogP contribution in [0.15, 0.2) is 12.3 Å². The number of rotatable bonds is 2. The molecule has 0 radical (unpaired) electrons. The van der Waals surface area contributed by atoms with Crippen LogP contribution < -0.4 is 16.0 Å². The Hall–Kier alpha value is -1.82. The van der Waals surface area contributed by atoms with Crippen LogP contribution >= 0.6 is 0 Å². The molecule has 0 unspecified atom stereocenters. The molecule has 108 valence electrons. The molecule has 3 saturated heterocycles. The van der Waals surface area contributed by atoms with E-state index in [2.05, 4.69) is 20.1 Å². The van der Waals surface area contributed by atoms with Gasteiger partial charge < -0.3 is 20.9 Å². The zero-order valence-corrected chi connectivity index (χ0v) is 11.8. The molecule has 4 rings (SSSR count). The fourth-order valence-corrected chi connectivity index (χ4v) is 3.13. The monoisotopic (exact) mass is 275 g/mol. The zero-order valence-electron chi connectivity index (χ0n) is 11.8. The van der Waals surface area contributed by atoms with Crippen molar-refractivity contribution in [1.29, 1.82) is 0 Å². The highest BCUT2D eigenvalue weighted by atomic mass is 16.1. The third-order valence-corrected chi connectivity index (χ3v) is 4.34. The van der Waals surface area contributed by atoms with Gasteiger partial charge in [0.1, 0.15) is 5.82 Å². The van der Waals surface area contributed by atoms with Crippen molar-refractivity contribution >= 4 is 17.4 Å². The molecule has 0 atom stereocenters. The molecule has 4 heterocycles. The molecule has 0 aliphatic carbocycles. The normalized spacial score (nSPS) is 25.4. The van der Waals surface area contributed by atoms with Crippen LogP contribution in [0.5, 0.6) is 0 Å². The quantitative estimate of drug-likeness (QED) is 0.812. The van der Waals surface area contributed by atoms with Crippen LogP contribution in [-0.4, -0.2) is 55.1 Å². The number of nitrogen functional groups attached to an aromatic ring is 1. The average Bonchev–Trinajstić information content (AvgIpc) is 2.81. The molecular weight excluding hydrogens is 254 g/mol. The lowest BCUT2D eigenvalue weighted by molar-refractivity contribution is 0.0964. The molecule has 1 amide bonds. The van der Waals surface area contributed by atoms with Crippen LogP contribution in [0, 0.1) is 0 Å². The van der Waals surface area contributed by atoms with E-state index in [0.29, 0.717) is 17.3 Å². The van der Waals surface area contributed by atoms with Gasteiger partial charge in [-0.2, -0.15) is 0 Å². The molecule has 20 heavy (non-hydrogen) atoms. The summed E-state index contributed by atoms with van der Waals surface area (Å²) in [6.07, 6.45) is 3.93. The van der Waals surface area contributed by atoms with Crippen molar-refractivity contribution in [1.82, 2.24) is 15.2 Å². The van der Waals surface area contributed by atoms with Gasteiger partial charge in [0.05, 0.1) is 17.4 Å². The third-order valence-electron chi connectivity index (χ3n) is 4.34. The van der Waals surface area contributed by atoms with E-state index < -0.39 is 0 Å². The molecule has 1 aromatic rings. The summed E-state index contributed by atoms with van der Waals surface area (Å²) in [6.45, 7) is 4.36. The number of fused-ring (bicyclic) bond motifs is 4. The van der Waals surface area contributed by atoms with Crippen LogP contribution in [0.3, 0.4) is 0 Å². The molecule has 3 aliphatic rings. The van der Waals surface area contributed by atoms with Crippen LogP contribution in [0.4, 0.5) is 11.5 Å². The predicted molar refractivity (Wildman–Crippen MR) is 78.8 cm³/mol. The molecule has 2 bridgehead atoms. The van der Waals surface area contributed by atoms with Crippen molar-refractivity contribution in [3.63, 3.8) is 0 Å². The van der Waals surface area contributed by atoms with Crippen LogP contribution in [0.25, 0.3) is 0 Å². The largest absolute Gasteiger partial charge is 0.397 e. The molecule has 6 nitrogen and oxygen atoms in total. The van der Waals surface area contributed by atoms with E-state index in [0.717, 1.165) is 18.9 Å². The number of aromatic nitrogens is 1. The maximum Gasteiger partial charge on any atom is 0.253 e. The van der Waals surface area contributed by atoms with Crippen molar-refractivity contribution in [2.45, 2.75) is 18.9 Å². The number of carbonyl (C=O) groups is 1. The summed E-state index contributed by atoms with van der Waals surface area (Å²) >= 11 is 0. The van der Waals surface area contributed by atoms with E-state index in [1.165, 1.54) is 25.9 Å². The minimum atomic E-state index is -0.158. The first-order valence-corrected chi connectivity index (χ1v) is 7.15. The second kappa shape index (κ2) is 5.28. The van der Waals surface area contributed by atoms with Gasteiger partial charge in [0.15, 0.2) is 0 Å². The Bertz CT molecular complexity index is 510. The SMILES string of the molecule is CNC(=O)c1cc(N2CCN3CCC2CC3)ncc1N. The van der Waals surface area contributed by atoms with Crippen molar-refractivity contribution in [2.75, 3.05) is 43.9 Å². The van der Waals surface area contributed by atoms with E-state index in [4.69, 9.17) is 5.73 Å². The van der Waals surface area contributed by atoms with Crippen molar-refractivity contribution < 1.29 is 4.79 Å². The number of hydrogen-bond acceptors (Lipinski definition) is 5. The smallest absolute Gasteiger partial charge is 0.253 e. The van der Waals surface area contributed by atoms with Gasteiger partial charge in [0.25, 0.3) is 5.91 Å². The fourth-order valence-electron chi connectivity index (χ4n) is 3.13. The Kier molecular flexibility index (Phi) is 3.48. The first kappa shape index (κ1) is 13.2. The fraction of sp³-hybridized carbons (Fsp3) is 0.571. The number of nitrogens with one attached hydrogen (secondary N) is 1. The summed E-state index contributed by atoms with van der Waals surface area (Å²) in [5.74, 6) is 0.709. The number of carbonyl (C=O) groups excluding carboxylic acids is 1. The highest BCUT2D eigenvalue weighted by molar-refractivity contribution is 5.99. The highest BCUT2D eigenvalue weighted by Crippen LogP contribution is 2.27. The topological polar surface area (TPSA) is 74.5 Å². The molecule has 3 fully saturated rings. The summed E-state index contributed by atoms with van der Waals surface area (Å²) in [7, 11) is 1.61. The Labute approximate surface area is 118 Å². The Morgan fingerprint density at radius 2 is 2.10 bits per heavy atom. The van der Waals surface area contributed by atoms with Crippen LogP contribution in [0.1, 0.15) is 23.2 Å². The lowest BCUT2D eigenvalue weighted by Crippen LogP contribution is -2.38. The summed E-state index contributed by atoms with van der Waals surface area (Å²) in [5.41, 5.74) is 6.79.